The molecule has 6 nitrogen and oxygen atoms in total. The molecule has 1 N–H and O–H groups in total. The van der Waals surface area contributed by atoms with Gasteiger partial charge >= 0.3 is 0 Å². The minimum atomic E-state index is 0.679. The van der Waals surface area contributed by atoms with E-state index in [4.69, 9.17) is 9.47 Å². The Morgan fingerprint density at radius 3 is 2.40 bits per heavy atom. The Morgan fingerprint density at radius 1 is 0.960 bits per heavy atom. The van der Waals surface area contributed by atoms with Crippen LogP contribution in [0.5, 0.6) is 11.5 Å². The largest absolute Gasteiger partial charge is 0.493 e. The number of nitrogens with zero attached hydrogens (tertiary/aromatic N) is 3. The van der Waals surface area contributed by atoms with E-state index < -0.39 is 0 Å². The van der Waals surface area contributed by atoms with E-state index in [0.717, 1.165) is 33.4 Å². The Balaban J connectivity index is 1.98. The first-order valence-electron chi connectivity index (χ1n) is 7.90. The van der Waals surface area contributed by atoms with Crippen LogP contribution in [-0.4, -0.2) is 28.8 Å². The van der Waals surface area contributed by atoms with Gasteiger partial charge in [0.2, 0.25) is 0 Å². The van der Waals surface area contributed by atoms with Gasteiger partial charge in [-0.05, 0) is 18.2 Å². The third-order valence-corrected chi connectivity index (χ3v) is 4.31. The fraction of sp³-hybridized carbons (Fsp3) is 0.158. The van der Waals surface area contributed by atoms with Crippen LogP contribution < -0.4 is 14.8 Å². The highest BCUT2D eigenvalue weighted by Crippen LogP contribution is 2.38. The van der Waals surface area contributed by atoms with E-state index in [1.165, 1.54) is 0 Å². The second-order valence-corrected chi connectivity index (χ2v) is 5.69. The molecule has 0 atom stereocenters. The summed E-state index contributed by atoms with van der Waals surface area (Å²) in [5.74, 6) is 2.12. The molecule has 0 unspecified atom stereocenters. The molecular formula is C19H18N4O2. The van der Waals surface area contributed by atoms with Gasteiger partial charge in [0.15, 0.2) is 17.3 Å². The van der Waals surface area contributed by atoms with Crippen molar-refractivity contribution in [3.8, 4) is 11.5 Å². The fourth-order valence-corrected chi connectivity index (χ4v) is 3.10. The van der Waals surface area contributed by atoms with Crippen LogP contribution >= 0.6 is 0 Å². The molecule has 4 aromatic rings. The van der Waals surface area contributed by atoms with Crippen molar-refractivity contribution in [1.82, 2.24) is 14.5 Å². The molecule has 0 aliphatic heterocycles. The molecule has 0 aliphatic carbocycles. The number of ether oxygens (including phenoxy) is 2. The molecule has 0 saturated carbocycles. The predicted molar refractivity (Wildman–Crippen MR) is 98.8 cm³/mol. The van der Waals surface area contributed by atoms with Gasteiger partial charge < -0.3 is 19.4 Å². The Labute approximate surface area is 145 Å². The van der Waals surface area contributed by atoms with Crippen LogP contribution in [0.3, 0.4) is 0 Å². The van der Waals surface area contributed by atoms with E-state index in [9.17, 15) is 0 Å². The molecule has 2 aromatic heterocycles. The lowest BCUT2D eigenvalue weighted by Crippen LogP contribution is -1.98. The van der Waals surface area contributed by atoms with Crippen LogP contribution in [0.4, 0.5) is 11.5 Å². The van der Waals surface area contributed by atoms with Gasteiger partial charge in [-0.2, -0.15) is 0 Å². The number of aromatic nitrogens is 3. The molecule has 2 heterocycles. The topological polar surface area (TPSA) is 61.2 Å². The molecule has 4 rings (SSSR count). The summed E-state index contributed by atoms with van der Waals surface area (Å²) in [6.07, 6.45) is 1.57. The predicted octanol–water partition coefficient (Wildman–Crippen LogP) is 3.88. The summed E-state index contributed by atoms with van der Waals surface area (Å²) in [5, 5.41) is 4.37. The SMILES string of the molecule is COc1cc2c3ncnc(Nc4ccccc4)c3n(C)c2cc1OC. The Hall–Kier alpha value is -3.28. The zero-order valence-electron chi connectivity index (χ0n) is 14.3. The first kappa shape index (κ1) is 15.3. The number of para-hydroxylation sites is 1. The van der Waals surface area contributed by atoms with Crippen molar-refractivity contribution in [2.45, 2.75) is 0 Å². The van der Waals surface area contributed by atoms with Crippen molar-refractivity contribution in [2.75, 3.05) is 19.5 Å². The maximum absolute atomic E-state index is 5.44. The van der Waals surface area contributed by atoms with E-state index in [1.54, 1.807) is 20.5 Å². The monoisotopic (exact) mass is 334 g/mol. The lowest BCUT2D eigenvalue weighted by molar-refractivity contribution is 0.356. The number of nitrogens with one attached hydrogen (secondary N) is 1. The van der Waals surface area contributed by atoms with Crippen LogP contribution in [0.15, 0.2) is 48.8 Å². The number of anilines is 2. The maximum Gasteiger partial charge on any atom is 0.162 e. The number of fused-ring (bicyclic) bond motifs is 3. The van der Waals surface area contributed by atoms with Crippen molar-refractivity contribution in [1.29, 1.82) is 0 Å². The van der Waals surface area contributed by atoms with Gasteiger partial charge in [0.05, 0.1) is 19.7 Å². The highest BCUT2D eigenvalue weighted by Gasteiger charge is 2.17. The third-order valence-electron chi connectivity index (χ3n) is 4.31. The van der Waals surface area contributed by atoms with Gasteiger partial charge in [0, 0.05) is 24.2 Å². The average Bonchev–Trinajstić information content (AvgIpc) is 2.94. The summed E-state index contributed by atoms with van der Waals surface area (Å²) < 4.78 is 12.9. The highest BCUT2D eigenvalue weighted by molar-refractivity contribution is 6.10. The van der Waals surface area contributed by atoms with Gasteiger partial charge in [-0.1, -0.05) is 18.2 Å². The van der Waals surface area contributed by atoms with Crippen LogP contribution in [-0.2, 0) is 7.05 Å². The standard InChI is InChI=1S/C19H18N4O2/c1-23-14-10-16(25-3)15(24-2)9-13(14)17-18(23)19(21-11-20-17)22-12-7-5-4-6-8-12/h4-11H,1-3H3,(H,20,21,22). The summed E-state index contributed by atoms with van der Waals surface area (Å²) in [6.45, 7) is 0. The van der Waals surface area contributed by atoms with Gasteiger partial charge in [-0.25, -0.2) is 9.97 Å². The van der Waals surface area contributed by atoms with Crippen molar-refractivity contribution < 1.29 is 9.47 Å². The van der Waals surface area contributed by atoms with Gasteiger partial charge in [0.1, 0.15) is 17.4 Å². The summed E-state index contributed by atoms with van der Waals surface area (Å²) in [7, 11) is 5.26. The molecule has 6 heteroatoms. The number of benzene rings is 2. The van der Waals surface area contributed by atoms with Crippen molar-refractivity contribution in [3.05, 3.63) is 48.8 Å². The number of rotatable bonds is 4. The maximum atomic E-state index is 5.44. The Kier molecular flexibility index (Phi) is 3.65. The second-order valence-electron chi connectivity index (χ2n) is 5.69. The van der Waals surface area contributed by atoms with E-state index >= 15 is 0 Å². The minimum Gasteiger partial charge on any atom is -0.493 e. The van der Waals surface area contributed by atoms with E-state index in [1.807, 2.05) is 49.5 Å². The van der Waals surface area contributed by atoms with Crippen LogP contribution in [0.1, 0.15) is 0 Å². The smallest absolute Gasteiger partial charge is 0.162 e. The zero-order chi connectivity index (χ0) is 17.4. The molecule has 0 fully saturated rings. The summed E-state index contributed by atoms with van der Waals surface area (Å²) >= 11 is 0. The van der Waals surface area contributed by atoms with E-state index in [-0.39, 0.29) is 0 Å². The number of methoxy groups -OCH3 is 2. The third kappa shape index (κ3) is 2.42. The minimum absolute atomic E-state index is 0.679. The summed E-state index contributed by atoms with van der Waals surface area (Å²) in [4.78, 5) is 8.93. The lowest BCUT2D eigenvalue weighted by atomic mass is 10.2. The number of hydrogen-bond donors (Lipinski definition) is 1. The average molecular weight is 334 g/mol. The lowest BCUT2D eigenvalue weighted by Gasteiger charge is -2.08. The van der Waals surface area contributed by atoms with Gasteiger partial charge in [0.25, 0.3) is 0 Å². The summed E-state index contributed by atoms with van der Waals surface area (Å²) in [5.41, 5.74) is 3.77. The number of aryl methyl sites for hydroxylation is 1. The molecule has 0 spiro atoms. The molecule has 126 valence electrons. The molecule has 25 heavy (non-hydrogen) atoms. The quantitative estimate of drug-likeness (QED) is 0.614. The van der Waals surface area contributed by atoms with Crippen LogP contribution in [0.2, 0.25) is 0 Å². The second kappa shape index (κ2) is 5.98. The van der Waals surface area contributed by atoms with Crippen LogP contribution in [0, 0.1) is 0 Å². The fourth-order valence-electron chi connectivity index (χ4n) is 3.10. The summed E-state index contributed by atoms with van der Waals surface area (Å²) in [6, 6.07) is 13.9. The molecule has 0 radical (unpaired) electrons. The van der Waals surface area contributed by atoms with E-state index in [0.29, 0.717) is 11.5 Å². The van der Waals surface area contributed by atoms with Gasteiger partial charge in [-0.15, -0.1) is 0 Å². The first-order valence-corrected chi connectivity index (χ1v) is 7.90. The van der Waals surface area contributed by atoms with E-state index in [2.05, 4.69) is 19.9 Å². The molecule has 0 bridgehead atoms. The molecule has 0 amide bonds. The van der Waals surface area contributed by atoms with Crippen molar-refractivity contribution in [3.63, 3.8) is 0 Å². The first-order chi connectivity index (χ1) is 12.2. The van der Waals surface area contributed by atoms with Crippen molar-refractivity contribution >= 4 is 33.4 Å². The Bertz CT molecular complexity index is 1060. The zero-order valence-corrected chi connectivity index (χ0v) is 14.3. The van der Waals surface area contributed by atoms with Gasteiger partial charge in [-0.3, -0.25) is 0 Å². The molecule has 0 saturated heterocycles. The molecule has 2 aromatic carbocycles. The van der Waals surface area contributed by atoms with Crippen LogP contribution in [0.25, 0.3) is 21.9 Å². The molecular weight excluding hydrogens is 316 g/mol. The normalized spacial score (nSPS) is 11.0. The Morgan fingerprint density at radius 2 is 1.68 bits per heavy atom. The highest BCUT2D eigenvalue weighted by atomic mass is 16.5. The molecule has 0 aliphatic rings. The van der Waals surface area contributed by atoms with Crippen molar-refractivity contribution in [2.24, 2.45) is 7.05 Å². The number of hydrogen-bond acceptors (Lipinski definition) is 5.